The second-order valence-electron chi connectivity index (χ2n) is 10.1. The van der Waals surface area contributed by atoms with Gasteiger partial charge < -0.3 is 15.3 Å². The Labute approximate surface area is 146 Å². The Morgan fingerprint density at radius 2 is 1.62 bits per heavy atom. The van der Waals surface area contributed by atoms with Crippen molar-refractivity contribution in [3.63, 3.8) is 0 Å². The summed E-state index contributed by atoms with van der Waals surface area (Å²) in [5, 5.41) is 29.9. The van der Waals surface area contributed by atoms with Crippen LogP contribution in [-0.2, 0) is 0 Å². The predicted molar refractivity (Wildman–Crippen MR) is 94.3 cm³/mol. The SMILES string of the molecule is C[C@]12CC[C@H](O)C[C@H]1CC[C@@H]1[C@@H]2CC[C@]2(C)[C@@H]([C@H](O)CO)CC[C@@H]12. The average Bonchev–Trinajstić information content (AvgIpc) is 2.92. The Kier molecular flexibility index (Phi) is 4.29. The maximum atomic E-state index is 10.3. The molecule has 0 aromatic rings. The third-order valence-electron chi connectivity index (χ3n) is 9.36. The molecule has 0 saturated heterocycles. The minimum absolute atomic E-state index is 0.0657. The van der Waals surface area contributed by atoms with Crippen LogP contribution in [0.5, 0.6) is 0 Å². The van der Waals surface area contributed by atoms with Gasteiger partial charge >= 0.3 is 0 Å². The van der Waals surface area contributed by atoms with Gasteiger partial charge in [0.2, 0.25) is 0 Å². The summed E-state index contributed by atoms with van der Waals surface area (Å²) in [4.78, 5) is 0. The first kappa shape index (κ1) is 17.3. The highest BCUT2D eigenvalue weighted by Crippen LogP contribution is 2.67. The molecular formula is C21H36O3. The van der Waals surface area contributed by atoms with E-state index in [0.29, 0.717) is 11.3 Å². The van der Waals surface area contributed by atoms with E-state index >= 15 is 0 Å². The molecule has 3 N–H and O–H groups in total. The van der Waals surface area contributed by atoms with Gasteiger partial charge in [-0.25, -0.2) is 0 Å². The van der Waals surface area contributed by atoms with Crippen LogP contribution in [0.4, 0.5) is 0 Å². The first-order chi connectivity index (χ1) is 11.4. The molecule has 138 valence electrons. The fraction of sp³-hybridized carbons (Fsp3) is 1.00. The lowest BCUT2D eigenvalue weighted by Gasteiger charge is -2.61. The van der Waals surface area contributed by atoms with E-state index in [9.17, 15) is 15.3 Å². The van der Waals surface area contributed by atoms with Crippen LogP contribution in [-0.4, -0.2) is 34.1 Å². The van der Waals surface area contributed by atoms with Gasteiger partial charge in [-0.2, -0.15) is 0 Å². The maximum absolute atomic E-state index is 10.3. The number of hydrogen-bond donors (Lipinski definition) is 3. The summed E-state index contributed by atoms with van der Waals surface area (Å²) in [6, 6.07) is 0. The number of fused-ring (bicyclic) bond motifs is 5. The molecule has 4 saturated carbocycles. The van der Waals surface area contributed by atoms with Crippen LogP contribution >= 0.6 is 0 Å². The van der Waals surface area contributed by atoms with Crippen LogP contribution in [0.25, 0.3) is 0 Å². The molecule has 4 rings (SSSR count). The van der Waals surface area contributed by atoms with E-state index in [1.165, 1.54) is 38.5 Å². The number of rotatable bonds is 2. The van der Waals surface area contributed by atoms with E-state index in [1.807, 2.05) is 0 Å². The summed E-state index contributed by atoms with van der Waals surface area (Å²) in [7, 11) is 0. The van der Waals surface area contributed by atoms with Crippen LogP contribution in [0.2, 0.25) is 0 Å². The maximum Gasteiger partial charge on any atom is 0.0804 e. The number of aliphatic hydroxyl groups is 3. The third kappa shape index (κ3) is 2.34. The second kappa shape index (κ2) is 5.96. The zero-order valence-electron chi connectivity index (χ0n) is 15.5. The van der Waals surface area contributed by atoms with E-state index in [0.717, 1.165) is 37.0 Å². The van der Waals surface area contributed by atoms with Gasteiger partial charge in [0.1, 0.15) is 0 Å². The Morgan fingerprint density at radius 1 is 0.917 bits per heavy atom. The summed E-state index contributed by atoms with van der Waals surface area (Å²) in [5.41, 5.74) is 0.651. The molecule has 0 unspecified atom stereocenters. The van der Waals surface area contributed by atoms with Crippen LogP contribution < -0.4 is 0 Å². The highest BCUT2D eigenvalue weighted by Gasteiger charge is 2.60. The normalized spacial score (nSPS) is 55.4. The van der Waals surface area contributed by atoms with E-state index in [1.54, 1.807) is 0 Å². The van der Waals surface area contributed by atoms with Gasteiger partial charge in [0.25, 0.3) is 0 Å². The molecule has 0 aromatic carbocycles. The molecule has 4 fully saturated rings. The van der Waals surface area contributed by atoms with Crippen molar-refractivity contribution >= 4 is 0 Å². The van der Waals surface area contributed by atoms with Gasteiger partial charge in [-0.05, 0) is 98.2 Å². The monoisotopic (exact) mass is 336 g/mol. The largest absolute Gasteiger partial charge is 0.394 e. The zero-order valence-corrected chi connectivity index (χ0v) is 15.5. The quantitative estimate of drug-likeness (QED) is 0.724. The second-order valence-corrected chi connectivity index (χ2v) is 10.1. The smallest absolute Gasteiger partial charge is 0.0804 e. The van der Waals surface area contributed by atoms with Crippen molar-refractivity contribution in [2.45, 2.75) is 83.8 Å². The van der Waals surface area contributed by atoms with Gasteiger partial charge in [-0.3, -0.25) is 0 Å². The van der Waals surface area contributed by atoms with Crippen LogP contribution in [0.3, 0.4) is 0 Å². The third-order valence-corrected chi connectivity index (χ3v) is 9.36. The highest BCUT2D eigenvalue weighted by atomic mass is 16.3. The number of aliphatic hydroxyl groups excluding tert-OH is 3. The molecule has 0 heterocycles. The summed E-state index contributed by atoms with van der Waals surface area (Å²) >= 11 is 0. The van der Waals surface area contributed by atoms with E-state index in [-0.39, 0.29) is 24.0 Å². The van der Waals surface area contributed by atoms with Crippen molar-refractivity contribution in [3.05, 3.63) is 0 Å². The molecule has 9 atom stereocenters. The topological polar surface area (TPSA) is 60.7 Å². The minimum Gasteiger partial charge on any atom is -0.394 e. The molecule has 3 heteroatoms. The van der Waals surface area contributed by atoms with Crippen molar-refractivity contribution in [1.29, 1.82) is 0 Å². The van der Waals surface area contributed by atoms with E-state index in [2.05, 4.69) is 13.8 Å². The van der Waals surface area contributed by atoms with Crippen molar-refractivity contribution in [2.24, 2.45) is 40.4 Å². The van der Waals surface area contributed by atoms with Crippen LogP contribution in [0.1, 0.15) is 71.6 Å². The fourth-order valence-electron chi connectivity index (χ4n) is 8.04. The van der Waals surface area contributed by atoms with Crippen LogP contribution in [0.15, 0.2) is 0 Å². The van der Waals surface area contributed by atoms with E-state index < -0.39 is 6.10 Å². The van der Waals surface area contributed by atoms with Crippen molar-refractivity contribution in [2.75, 3.05) is 6.61 Å². The molecule has 24 heavy (non-hydrogen) atoms. The molecule has 0 bridgehead atoms. The first-order valence-electron chi connectivity index (χ1n) is 10.4. The Hall–Kier alpha value is -0.120. The molecule has 0 radical (unpaired) electrons. The lowest BCUT2D eigenvalue weighted by atomic mass is 9.44. The summed E-state index contributed by atoms with van der Waals surface area (Å²) < 4.78 is 0. The Balaban J connectivity index is 1.59. The lowest BCUT2D eigenvalue weighted by molar-refractivity contribution is -0.134. The Morgan fingerprint density at radius 3 is 2.38 bits per heavy atom. The minimum atomic E-state index is -0.534. The molecular weight excluding hydrogens is 300 g/mol. The van der Waals surface area contributed by atoms with Gasteiger partial charge in [0, 0.05) is 0 Å². The van der Waals surface area contributed by atoms with Crippen molar-refractivity contribution < 1.29 is 15.3 Å². The first-order valence-corrected chi connectivity index (χ1v) is 10.4. The summed E-state index contributed by atoms with van der Waals surface area (Å²) in [6.45, 7) is 4.85. The van der Waals surface area contributed by atoms with Gasteiger partial charge in [-0.1, -0.05) is 13.8 Å². The summed E-state index contributed by atoms with van der Waals surface area (Å²) in [5.74, 6) is 3.34. The number of hydrogen-bond acceptors (Lipinski definition) is 3. The molecule has 0 amide bonds. The van der Waals surface area contributed by atoms with Gasteiger partial charge in [0.15, 0.2) is 0 Å². The zero-order chi connectivity index (χ0) is 17.1. The van der Waals surface area contributed by atoms with E-state index in [4.69, 9.17) is 0 Å². The predicted octanol–water partition coefficient (Wildman–Crippen LogP) is 3.36. The Bertz CT molecular complexity index is 480. The van der Waals surface area contributed by atoms with Crippen LogP contribution in [0, 0.1) is 40.4 Å². The molecule has 0 aliphatic heterocycles. The molecule has 0 aromatic heterocycles. The lowest BCUT2D eigenvalue weighted by Crippen LogP contribution is -2.54. The molecule has 4 aliphatic rings. The van der Waals surface area contributed by atoms with Crippen molar-refractivity contribution in [3.8, 4) is 0 Å². The molecule has 4 aliphatic carbocycles. The highest BCUT2D eigenvalue weighted by molar-refractivity contribution is 5.10. The fourth-order valence-corrected chi connectivity index (χ4v) is 8.04. The van der Waals surface area contributed by atoms with Gasteiger partial charge in [-0.15, -0.1) is 0 Å². The average molecular weight is 337 g/mol. The summed E-state index contributed by atoms with van der Waals surface area (Å²) in [6.07, 6.45) is 10.0. The standard InChI is InChI=1S/C21H36O3/c1-20-9-7-14(23)11-13(20)3-4-15-16-5-6-18(19(24)12-22)21(16,2)10-8-17(15)20/h13-19,22-24H,3-12H2,1-2H3/t13-,14+,15+,16+,17+,18-,19-,20+,21+/m1/s1. The molecule has 0 spiro atoms. The molecule has 3 nitrogen and oxygen atoms in total. The van der Waals surface area contributed by atoms with Crippen molar-refractivity contribution in [1.82, 2.24) is 0 Å². The van der Waals surface area contributed by atoms with Gasteiger partial charge in [0.05, 0.1) is 18.8 Å².